The Hall–Kier alpha value is -4.10. The average molecular weight is 501 g/mol. The molecule has 10 heteroatoms. The molecule has 1 aliphatic heterocycles. The number of hydrogen-bond donors (Lipinski definition) is 1. The summed E-state index contributed by atoms with van der Waals surface area (Å²) in [6.45, 7) is 7.86. The SMILES string of the molecule is CCCn1nc(OC(C)C)c2c1CN(C)CC(C#N)Oc1c(cnn1C)-c1ccc3n[nH]c(c3c1)/C=C/2. The molecule has 1 N–H and O–H groups in total. The molecule has 5 rings (SSSR count). The van der Waals surface area contributed by atoms with Gasteiger partial charge in [-0.3, -0.25) is 14.7 Å². The molecule has 0 fully saturated rings. The van der Waals surface area contributed by atoms with Crippen LogP contribution in [0.1, 0.15) is 44.1 Å². The lowest BCUT2D eigenvalue weighted by Gasteiger charge is -2.22. The lowest BCUT2D eigenvalue weighted by Crippen LogP contribution is -2.33. The van der Waals surface area contributed by atoms with E-state index in [1.807, 2.05) is 56.9 Å². The van der Waals surface area contributed by atoms with Gasteiger partial charge in [-0.05, 0) is 57.2 Å². The second kappa shape index (κ2) is 10.1. The van der Waals surface area contributed by atoms with E-state index in [9.17, 15) is 5.26 Å². The molecule has 0 saturated carbocycles. The monoisotopic (exact) mass is 500 g/mol. The zero-order chi connectivity index (χ0) is 26.1. The van der Waals surface area contributed by atoms with Crippen molar-refractivity contribution in [1.29, 1.82) is 5.26 Å². The smallest absolute Gasteiger partial charge is 0.240 e. The van der Waals surface area contributed by atoms with Crippen molar-refractivity contribution in [3.8, 4) is 29.0 Å². The fourth-order valence-corrected chi connectivity index (χ4v) is 4.63. The molecule has 10 nitrogen and oxygen atoms in total. The number of benzene rings is 1. The number of nitrogens with zero attached hydrogens (tertiary/aromatic N) is 7. The molecule has 0 radical (unpaired) electrons. The Morgan fingerprint density at radius 2 is 2.11 bits per heavy atom. The van der Waals surface area contributed by atoms with Crippen LogP contribution in [-0.2, 0) is 20.1 Å². The third-order valence-corrected chi connectivity index (χ3v) is 6.34. The third-order valence-electron chi connectivity index (χ3n) is 6.34. The van der Waals surface area contributed by atoms with E-state index in [4.69, 9.17) is 14.6 Å². The number of hydrogen-bond acceptors (Lipinski definition) is 7. The van der Waals surface area contributed by atoms with E-state index in [1.54, 1.807) is 10.9 Å². The molecule has 4 heterocycles. The summed E-state index contributed by atoms with van der Waals surface area (Å²) in [5.41, 5.74) is 5.44. The van der Waals surface area contributed by atoms with Gasteiger partial charge >= 0.3 is 0 Å². The molecule has 192 valence electrons. The number of fused-ring (bicyclic) bond motifs is 4. The molecule has 3 aromatic heterocycles. The lowest BCUT2D eigenvalue weighted by atomic mass is 10.1. The van der Waals surface area contributed by atoms with Crippen LogP contribution in [0.2, 0.25) is 0 Å². The van der Waals surface area contributed by atoms with E-state index >= 15 is 0 Å². The molecule has 1 aliphatic rings. The van der Waals surface area contributed by atoms with Gasteiger partial charge < -0.3 is 9.47 Å². The summed E-state index contributed by atoms with van der Waals surface area (Å²) in [4.78, 5) is 2.08. The molecular weight excluding hydrogens is 468 g/mol. The quantitative estimate of drug-likeness (QED) is 0.446. The minimum Gasteiger partial charge on any atom is -0.473 e. The second-order valence-corrected chi connectivity index (χ2v) is 9.68. The van der Waals surface area contributed by atoms with Gasteiger partial charge in [0.1, 0.15) is 6.07 Å². The highest BCUT2D eigenvalue weighted by Crippen LogP contribution is 2.34. The first-order chi connectivity index (χ1) is 17.9. The van der Waals surface area contributed by atoms with Crippen molar-refractivity contribution < 1.29 is 9.47 Å². The van der Waals surface area contributed by atoms with Crippen LogP contribution in [0.15, 0.2) is 24.4 Å². The summed E-state index contributed by atoms with van der Waals surface area (Å²) in [6, 6.07) is 8.36. The predicted molar refractivity (Wildman–Crippen MR) is 142 cm³/mol. The fraction of sp³-hybridized carbons (Fsp3) is 0.407. The van der Waals surface area contributed by atoms with E-state index in [2.05, 4.69) is 39.3 Å². The number of nitriles is 1. The summed E-state index contributed by atoms with van der Waals surface area (Å²) in [6.07, 6.45) is 6.08. The van der Waals surface area contributed by atoms with Gasteiger partial charge in [0, 0.05) is 32.1 Å². The van der Waals surface area contributed by atoms with Gasteiger partial charge in [0.15, 0.2) is 6.10 Å². The highest BCUT2D eigenvalue weighted by atomic mass is 16.5. The van der Waals surface area contributed by atoms with Gasteiger partial charge in [-0.15, -0.1) is 5.10 Å². The fourth-order valence-electron chi connectivity index (χ4n) is 4.63. The minimum atomic E-state index is -0.689. The summed E-state index contributed by atoms with van der Waals surface area (Å²) in [5.74, 6) is 1.16. The highest BCUT2D eigenvalue weighted by Gasteiger charge is 2.24. The van der Waals surface area contributed by atoms with Crippen LogP contribution >= 0.6 is 0 Å². The topological polar surface area (TPSA) is 110 Å². The maximum atomic E-state index is 9.96. The van der Waals surface area contributed by atoms with E-state index in [1.165, 1.54) is 0 Å². The van der Waals surface area contributed by atoms with Crippen molar-refractivity contribution in [2.75, 3.05) is 13.6 Å². The number of ether oxygens (including phenoxy) is 2. The largest absolute Gasteiger partial charge is 0.473 e. The highest BCUT2D eigenvalue weighted by molar-refractivity contribution is 5.93. The Bertz CT molecular complexity index is 1490. The Morgan fingerprint density at radius 3 is 2.86 bits per heavy atom. The first kappa shape index (κ1) is 24.6. The van der Waals surface area contributed by atoms with Crippen molar-refractivity contribution >= 4 is 23.1 Å². The molecule has 0 saturated heterocycles. The molecular formula is C27H32N8O2. The van der Waals surface area contributed by atoms with Crippen LogP contribution < -0.4 is 9.47 Å². The van der Waals surface area contributed by atoms with Crippen LogP contribution in [0, 0.1) is 11.3 Å². The minimum absolute atomic E-state index is 0.0177. The van der Waals surface area contributed by atoms with Crippen LogP contribution in [0.25, 0.3) is 34.2 Å². The zero-order valence-electron chi connectivity index (χ0n) is 21.9. The van der Waals surface area contributed by atoms with Crippen molar-refractivity contribution in [2.45, 2.75) is 52.5 Å². The molecule has 0 spiro atoms. The number of H-pyrrole nitrogens is 1. The van der Waals surface area contributed by atoms with Gasteiger partial charge in [-0.25, -0.2) is 4.68 Å². The van der Waals surface area contributed by atoms with Crippen LogP contribution in [0.5, 0.6) is 11.8 Å². The molecule has 1 unspecified atom stereocenters. The Labute approximate surface area is 216 Å². The molecule has 0 aliphatic carbocycles. The summed E-state index contributed by atoms with van der Waals surface area (Å²) in [7, 11) is 3.80. The molecule has 1 atom stereocenters. The van der Waals surface area contributed by atoms with Gasteiger partial charge in [0.2, 0.25) is 11.8 Å². The van der Waals surface area contributed by atoms with Gasteiger partial charge in [-0.2, -0.15) is 15.5 Å². The number of aromatic nitrogens is 6. The van der Waals surface area contributed by atoms with Crippen LogP contribution in [0.4, 0.5) is 0 Å². The lowest BCUT2D eigenvalue weighted by molar-refractivity contribution is 0.172. The average Bonchev–Trinajstić information content (AvgIpc) is 3.52. The van der Waals surface area contributed by atoms with Crippen LogP contribution in [-0.4, -0.2) is 60.5 Å². The molecule has 4 aromatic rings. The zero-order valence-corrected chi connectivity index (χ0v) is 21.9. The Balaban J connectivity index is 1.70. The Kier molecular flexibility index (Phi) is 6.72. The number of nitrogens with one attached hydrogen (secondary N) is 1. The van der Waals surface area contributed by atoms with Crippen molar-refractivity contribution in [2.24, 2.45) is 7.05 Å². The number of rotatable bonds is 4. The first-order valence-electron chi connectivity index (χ1n) is 12.6. The van der Waals surface area contributed by atoms with Gasteiger partial charge in [-0.1, -0.05) is 13.0 Å². The molecule has 2 bridgehead atoms. The van der Waals surface area contributed by atoms with E-state index in [-0.39, 0.29) is 6.10 Å². The van der Waals surface area contributed by atoms with Crippen molar-refractivity contribution in [3.05, 3.63) is 41.3 Å². The predicted octanol–water partition coefficient (Wildman–Crippen LogP) is 4.24. The van der Waals surface area contributed by atoms with E-state index in [0.717, 1.165) is 51.9 Å². The van der Waals surface area contributed by atoms with Gasteiger partial charge in [0.05, 0.1) is 40.3 Å². The first-order valence-corrected chi connectivity index (χ1v) is 12.6. The maximum absolute atomic E-state index is 9.96. The summed E-state index contributed by atoms with van der Waals surface area (Å²) >= 11 is 0. The van der Waals surface area contributed by atoms with Crippen LogP contribution in [0.3, 0.4) is 0 Å². The standard InChI is InChI=1S/C27H32N8O2/c1-6-11-35-25-16-33(4)15-19(13-28)37-27-22(14-29-34(27)5)18-7-9-23-21(12-18)24(31-30-23)10-8-20(25)26(32-35)36-17(2)3/h7-10,12,14,17,19H,6,11,15-16H2,1-5H3,(H,30,31)/b10-8+. The maximum Gasteiger partial charge on any atom is 0.240 e. The van der Waals surface area contributed by atoms with Crippen molar-refractivity contribution in [1.82, 2.24) is 34.7 Å². The molecule has 37 heavy (non-hydrogen) atoms. The normalized spacial score (nSPS) is 17.1. The molecule has 1 aromatic carbocycles. The Morgan fingerprint density at radius 1 is 1.27 bits per heavy atom. The summed E-state index contributed by atoms with van der Waals surface area (Å²) in [5, 5.41) is 27.8. The second-order valence-electron chi connectivity index (χ2n) is 9.68. The van der Waals surface area contributed by atoms with Gasteiger partial charge in [0.25, 0.3) is 0 Å². The third kappa shape index (κ3) is 4.82. The van der Waals surface area contributed by atoms with Crippen molar-refractivity contribution in [3.63, 3.8) is 0 Å². The number of aryl methyl sites for hydroxylation is 2. The van der Waals surface area contributed by atoms with E-state index < -0.39 is 6.10 Å². The molecule has 0 amide bonds. The summed E-state index contributed by atoms with van der Waals surface area (Å²) < 4.78 is 16.1. The van der Waals surface area contributed by atoms with E-state index in [0.29, 0.717) is 24.8 Å². The number of likely N-dealkylation sites (N-methyl/N-ethyl adjacent to an activating group) is 1. The number of aromatic amines is 1.